The van der Waals surface area contributed by atoms with Gasteiger partial charge in [0.15, 0.2) is 11.5 Å². The van der Waals surface area contributed by atoms with E-state index in [1.54, 1.807) is 37.3 Å². The molecule has 0 fully saturated rings. The van der Waals surface area contributed by atoms with Gasteiger partial charge in [-0.1, -0.05) is 19.8 Å². The number of carbonyl (C=O) groups excluding carboxylic acids is 1. The van der Waals surface area contributed by atoms with Gasteiger partial charge < -0.3 is 19.5 Å². The molecule has 2 aromatic carbocycles. The van der Waals surface area contributed by atoms with Gasteiger partial charge in [-0.2, -0.15) is 0 Å². The number of amides is 1. The molecule has 0 aliphatic heterocycles. The molecule has 2 rings (SSSR count). The van der Waals surface area contributed by atoms with Crippen molar-refractivity contribution in [2.45, 2.75) is 26.2 Å². The summed E-state index contributed by atoms with van der Waals surface area (Å²) in [5.41, 5.74) is 1.21. The molecule has 0 radical (unpaired) electrons. The molecule has 2 aromatic rings. The highest BCUT2D eigenvalue weighted by atomic mass is 16.5. The van der Waals surface area contributed by atoms with E-state index in [1.807, 2.05) is 12.1 Å². The highest BCUT2D eigenvalue weighted by molar-refractivity contribution is 6.05. The van der Waals surface area contributed by atoms with E-state index in [-0.39, 0.29) is 11.7 Å². The number of nitrogens with zero attached hydrogens (tertiary/aromatic N) is 1. The molecule has 0 aliphatic rings. The monoisotopic (exact) mass is 343 g/mol. The Morgan fingerprint density at radius 2 is 1.80 bits per heavy atom. The van der Waals surface area contributed by atoms with Crippen LogP contribution in [0.1, 0.15) is 36.5 Å². The number of methoxy groups -OCH3 is 1. The van der Waals surface area contributed by atoms with Gasteiger partial charge in [0.05, 0.1) is 13.7 Å². The topological polar surface area (TPSA) is 59.0 Å². The van der Waals surface area contributed by atoms with Crippen molar-refractivity contribution in [2.75, 3.05) is 25.7 Å². The first-order valence-corrected chi connectivity index (χ1v) is 8.44. The third-order valence-corrected chi connectivity index (χ3v) is 3.96. The Labute approximate surface area is 148 Å². The summed E-state index contributed by atoms with van der Waals surface area (Å²) in [6.07, 6.45) is 3.22. The van der Waals surface area contributed by atoms with E-state index in [0.717, 1.165) is 19.3 Å². The Morgan fingerprint density at radius 1 is 1.08 bits per heavy atom. The fourth-order valence-electron chi connectivity index (χ4n) is 2.44. The number of unbranched alkanes of at least 4 members (excludes halogenated alkanes) is 2. The summed E-state index contributed by atoms with van der Waals surface area (Å²) in [5, 5.41) is 9.35. The predicted molar refractivity (Wildman–Crippen MR) is 98.9 cm³/mol. The van der Waals surface area contributed by atoms with Crippen molar-refractivity contribution in [2.24, 2.45) is 0 Å². The van der Waals surface area contributed by atoms with Gasteiger partial charge in [-0.15, -0.1) is 0 Å². The quantitative estimate of drug-likeness (QED) is 0.728. The van der Waals surface area contributed by atoms with Gasteiger partial charge in [0, 0.05) is 24.4 Å². The summed E-state index contributed by atoms with van der Waals surface area (Å²) in [6, 6.07) is 11.6. The van der Waals surface area contributed by atoms with Crippen LogP contribution < -0.4 is 14.4 Å². The number of phenolic OH excluding ortho intramolecular Hbond substituents is 1. The Bertz CT molecular complexity index is 697. The summed E-state index contributed by atoms with van der Waals surface area (Å²) in [5.74, 6) is 1.24. The maximum absolute atomic E-state index is 12.6. The molecule has 0 saturated heterocycles. The molecule has 1 N–H and O–H groups in total. The van der Waals surface area contributed by atoms with Gasteiger partial charge in [0.1, 0.15) is 5.75 Å². The first kappa shape index (κ1) is 18.6. The van der Waals surface area contributed by atoms with Crippen LogP contribution in [0.4, 0.5) is 5.69 Å². The minimum Gasteiger partial charge on any atom is -0.508 e. The van der Waals surface area contributed by atoms with Crippen LogP contribution in [0.5, 0.6) is 17.2 Å². The highest BCUT2D eigenvalue weighted by Crippen LogP contribution is 2.32. The average Bonchev–Trinajstić information content (AvgIpc) is 2.64. The molecule has 0 aliphatic carbocycles. The normalized spacial score (nSPS) is 10.4. The highest BCUT2D eigenvalue weighted by Gasteiger charge is 2.16. The lowest BCUT2D eigenvalue weighted by Gasteiger charge is -2.19. The molecule has 0 bridgehead atoms. The Balaban J connectivity index is 2.16. The lowest BCUT2D eigenvalue weighted by atomic mass is 10.1. The molecular formula is C20H25NO4. The van der Waals surface area contributed by atoms with E-state index in [9.17, 15) is 9.90 Å². The first-order valence-electron chi connectivity index (χ1n) is 8.44. The van der Waals surface area contributed by atoms with Crippen LogP contribution in [0.2, 0.25) is 0 Å². The lowest BCUT2D eigenvalue weighted by Crippen LogP contribution is -2.26. The van der Waals surface area contributed by atoms with E-state index < -0.39 is 0 Å². The van der Waals surface area contributed by atoms with E-state index in [1.165, 1.54) is 12.1 Å². The smallest absolute Gasteiger partial charge is 0.258 e. The number of aromatic hydroxyl groups is 1. The SMILES string of the molecule is CCCCCOc1cc(N(C)C(=O)c2ccc(O)cc2)ccc1OC. The van der Waals surface area contributed by atoms with Gasteiger partial charge in [0.25, 0.3) is 5.91 Å². The second kappa shape index (κ2) is 8.97. The van der Waals surface area contributed by atoms with Crippen LogP contribution in [-0.2, 0) is 0 Å². The summed E-state index contributed by atoms with van der Waals surface area (Å²) in [7, 11) is 3.30. The van der Waals surface area contributed by atoms with Crippen molar-refractivity contribution in [1.29, 1.82) is 0 Å². The molecule has 0 spiro atoms. The number of benzene rings is 2. The summed E-state index contributed by atoms with van der Waals surface area (Å²) >= 11 is 0. The number of hydrogen-bond donors (Lipinski definition) is 1. The number of rotatable bonds is 8. The molecule has 0 heterocycles. The first-order chi connectivity index (χ1) is 12.1. The van der Waals surface area contributed by atoms with Crippen molar-refractivity contribution in [1.82, 2.24) is 0 Å². The zero-order valence-corrected chi connectivity index (χ0v) is 15.0. The molecule has 5 nitrogen and oxygen atoms in total. The van der Waals surface area contributed by atoms with Crippen LogP contribution >= 0.6 is 0 Å². The van der Waals surface area contributed by atoms with Crippen LogP contribution in [-0.4, -0.2) is 31.8 Å². The van der Waals surface area contributed by atoms with Gasteiger partial charge >= 0.3 is 0 Å². The van der Waals surface area contributed by atoms with Crippen molar-refractivity contribution in [3.05, 3.63) is 48.0 Å². The zero-order chi connectivity index (χ0) is 18.2. The largest absolute Gasteiger partial charge is 0.508 e. The number of ether oxygens (including phenoxy) is 2. The maximum Gasteiger partial charge on any atom is 0.258 e. The van der Waals surface area contributed by atoms with Crippen molar-refractivity contribution >= 4 is 11.6 Å². The fraction of sp³-hybridized carbons (Fsp3) is 0.350. The van der Waals surface area contributed by atoms with Crippen LogP contribution in [0.3, 0.4) is 0 Å². The minimum absolute atomic E-state index is 0.131. The Kier molecular flexibility index (Phi) is 6.69. The van der Waals surface area contributed by atoms with Gasteiger partial charge in [-0.25, -0.2) is 0 Å². The number of phenols is 1. The summed E-state index contributed by atoms with van der Waals surface area (Å²) in [4.78, 5) is 14.1. The standard InChI is InChI=1S/C20H25NO4/c1-4-5-6-13-25-19-14-16(9-12-18(19)24-3)21(2)20(23)15-7-10-17(22)11-8-15/h7-12,14,22H,4-6,13H2,1-3H3. The number of carbonyl (C=O) groups is 1. The van der Waals surface area contributed by atoms with Crippen LogP contribution in [0.25, 0.3) is 0 Å². The molecule has 0 aromatic heterocycles. The molecule has 1 amide bonds. The van der Waals surface area contributed by atoms with E-state index >= 15 is 0 Å². The second-order valence-electron chi connectivity index (χ2n) is 5.80. The molecule has 0 atom stereocenters. The summed E-state index contributed by atoms with van der Waals surface area (Å²) in [6.45, 7) is 2.76. The van der Waals surface area contributed by atoms with E-state index in [2.05, 4.69) is 6.92 Å². The molecule has 25 heavy (non-hydrogen) atoms. The van der Waals surface area contributed by atoms with E-state index in [4.69, 9.17) is 9.47 Å². The van der Waals surface area contributed by atoms with Gasteiger partial charge in [-0.05, 0) is 42.8 Å². The average molecular weight is 343 g/mol. The molecular weight excluding hydrogens is 318 g/mol. The fourth-order valence-corrected chi connectivity index (χ4v) is 2.44. The van der Waals surface area contributed by atoms with E-state index in [0.29, 0.717) is 29.4 Å². The summed E-state index contributed by atoms with van der Waals surface area (Å²) < 4.78 is 11.2. The Hall–Kier alpha value is -2.69. The predicted octanol–water partition coefficient (Wildman–Crippen LogP) is 4.25. The molecule has 0 unspecified atom stereocenters. The Morgan fingerprint density at radius 3 is 2.44 bits per heavy atom. The van der Waals surface area contributed by atoms with Crippen molar-refractivity contribution < 1.29 is 19.4 Å². The number of anilines is 1. The minimum atomic E-state index is -0.165. The molecule has 0 saturated carbocycles. The lowest BCUT2D eigenvalue weighted by molar-refractivity contribution is 0.0993. The third-order valence-electron chi connectivity index (χ3n) is 3.96. The third kappa shape index (κ3) is 4.89. The van der Waals surface area contributed by atoms with Gasteiger partial charge in [0.2, 0.25) is 0 Å². The van der Waals surface area contributed by atoms with Crippen molar-refractivity contribution in [3.63, 3.8) is 0 Å². The second-order valence-corrected chi connectivity index (χ2v) is 5.80. The van der Waals surface area contributed by atoms with Crippen LogP contribution in [0.15, 0.2) is 42.5 Å². The van der Waals surface area contributed by atoms with Crippen molar-refractivity contribution in [3.8, 4) is 17.2 Å². The number of hydrogen-bond acceptors (Lipinski definition) is 4. The van der Waals surface area contributed by atoms with Crippen LogP contribution in [0, 0.1) is 0 Å². The molecule has 5 heteroatoms. The van der Waals surface area contributed by atoms with Gasteiger partial charge in [-0.3, -0.25) is 4.79 Å². The zero-order valence-electron chi connectivity index (χ0n) is 15.0. The maximum atomic E-state index is 12.6. The molecule has 134 valence electrons.